The minimum absolute atomic E-state index is 0.217. The van der Waals surface area contributed by atoms with Gasteiger partial charge in [0.25, 0.3) is 0 Å². The van der Waals surface area contributed by atoms with Crippen molar-refractivity contribution in [3.8, 4) is 0 Å². The fraction of sp³-hybridized carbons (Fsp3) is 0.529. The van der Waals surface area contributed by atoms with Gasteiger partial charge in [0.2, 0.25) is 0 Å². The van der Waals surface area contributed by atoms with Crippen molar-refractivity contribution >= 4 is 23.5 Å². The van der Waals surface area contributed by atoms with Crippen molar-refractivity contribution in [3.05, 3.63) is 34.9 Å². The monoisotopic (exact) mass is 326 g/mol. The molecular weight excluding hydrogens is 304 g/mol. The third-order valence-electron chi connectivity index (χ3n) is 3.92. The fourth-order valence-corrected chi connectivity index (χ4v) is 2.60. The topological polar surface area (TPSA) is 52.6 Å². The number of hydrogen-bond acceptors (Lipinski definition) is 4. The summed E-state index contributed by atoms with van der Waals surface area (Å²) in [5.74, 6) is -2.11. The van der Waals surface area contributed by atoms with Gasteiger partial charge in [0.1, 0.15) is 0 Å². The zero-order valence-electron chi connectivity index (χ0n) is 13.5. The summed E-state index contributed by atoms with van der Waals surface area (Å²) in [5, 5.41) is 0.603. The zero-order valence-corrected chi connectivity index (χ0v) is 14.3. The van der Waals surface area contributed by atoms with E-state index in [0.29, 0.717) is 11.4 Å². The predicted molar refractivity (Wildman–Crippen MR) is 85.9 cm³/mol. The van der Waals surface area contributed by atoms with Crippen molar-refractivity contribution in [2.24, 2.45) is 5.92 Å². The Labute approximate surface area is 136 Å². The SMILES string of the molecule is CCOC(=O)C(C(=O)OCC)C(C)(CC)c1ccc(Cl)cc1. The van der Waals surface area contributed by atoms with Crippen LogP contribution in [0, 0.1) is 5.92 Å². The highest BCUT2D eigenvalue weighted by Crippen LogP contribution is 2.37. The van der Waals surface area contributed by atoms with Gasteiger partial charge in [-0.3, -0.25) is 9.59 Å². The van der Waals surface area contributed by atoms with E-state index in [2.05, 4.69) is 0 Å². The molecule has 0 aromatic heterocycles. The minimum Gasteiger partial charge on any atom is -0.465 e. The van der Waals surface area contributed by atoms with Crippen molar-refractivity contribution in [2.75, 3.05) is 13.2 Å². The molecule has 0 N–H and O–H groups in total. The summed E-state index contributed by atoms with van der Waals surface area (Å²) in [4.78, 5) is 24.7. The van der Waals surface area contributed by atoms with Crippen LogP contribution in [-0.2, 0) is 24.5 Å². The zero-order chi connectivity index (χ0) is 16.8. The van der Waals surface area contributed by atoms with E-state index in [1.165, 1.54) is 0 Å². The van der Waals surface area contributed by atoms with E-state index in [0.717, 1.165) is 5.56 Å². The van der Waals surface area contributed by atoms with Crippen LogP contribution in [0.4, 0.5) is 0 Å². The molecule has 0 radical (unpaired) electrons. The van der Waals surface area contributed by atoms with Crippen LogP contribution in [0.5, 0.6) is 0 Å². The molecule has 1 rings (SSSR count). The van der Waals surface area contributed by atoms with Gasteiger partial charge < -0.3 is 9.47 Å². The lowest BCUT2D eigenvalue weighted by Crippen LogP contribution is -2.44. The van der Waals surface area contributed by atoms with Crippen molar-refractivity contribution in [3.63, 3.8) is 0 Å². The normalized spacial score (nSPS) is 13.5. The van der Waals surface area contributed by atoms with Gasteiger partial charge in [-0.2, -0.15) is 0 Å². The highest BCUT2D eigenvalue weighted by molar-refractivity contribution is 6.30. The van der Waals surface area contributed by atoms with E-state index in [9.17, 15) is 9.59 Å². The largest absolute Gasteiger partial charge is 0.465 e. The highest BCUT2D eigenvalue weighted by atomic mass is 35.5. The second-order valence-electron chi connectivity index (χ2n) is 5.22. The fourth-order valence-electron chi connectivity index (χ4n) is 2.47. The van der Waals surface area contributed by atoms with Crippen LogP contribution in [0.1, 0.15) is 39.7 Å². The van der Waals surface area contributed by atoms with Crippen LogP contribution in [0.15, 0.2) is 24.3 Å². The van der Waals surface area contributed by atoms with Crippen LogP contribution < -0.4 is 0 Å². The molecule has 22 heavy (non-hydrogen) atoms. The van der Waals surface area contributed by atoms with Gasteiger partial charge in [-0.15, -0.1) is 0 Å². The third kappa shape index (κ3) is 4.01. The molecular formula is C17H23ClO4. The number of benzene rings is 1. The average Bonchev–Trinajstić information content (AvgIpc) is 2.48. The molecule has 0 spiro atoms. The van der Waals surface area contributed by atoms with Crippen molar-refractivity contribution in [1.29, 1.82) is 0 Å². The standard InChI is InChI=1S/C17H23ClO4/c1-5-17(4,12-8-10-13(18)11-9-12)14(15(19)21-6-2)16(20)22-7-3/h8-11,14H,5-7H2,1-4H3. The van der Waals surface area contributed by atoms with Gasteiger partial charge in [0.05, 0.1) is 13.2 Å². The maximum absolute atomic E-state index is 12.4. The molecule has 122 valence electrons. The minimum atomic E-state index is -1.00. The van der Waals surface area contributed by atoms with Gasteiger partial charge >= 0.3 is 11.9 Å². The lowest BCUT2D eigenvalue weighted by atomic mass is 9.69. The Bertz CT molecular complexity index is 494. The second-order valence-corrected chi connectivity index (χ2v) is 5.65. The summed E-state index contributed by atoms with van der Waals surface area (Å²) in [6, 6.07) is 7.16. The van der Waals surface area contributed by atoms with Crippen LogP contribution in [0.25, 0.3) is 0 Å². The second kappa shape index (κ2) is 8.18. The third-order valence-corrected chi connectivity index (χ3v) is 4.17. The summed E-state index contributed by atoms with van der Waals surface area (Å²) in [7, 11) is 0. The first-order valence-electron chi connectivity index (χ1n) is 7.50. The molecule has 0 aliphatic rings. The number of hydrogen-bond donors (Lipinski definition) is 0. The molecule has 1 aromatic carbocycles. The molecule has 0 aliphatic heterocycles. The first kappa shape index (κ1) is 18.5. The summed E-state index contributed by atoms with van der Waals surface area (Å²) in [5.41, 5.74) is 0.133. The maximum atomic E-state index is 12.4. The smallest absolute Gasteiger partial charge is 0.321 e. The Hall–Kier alpha value is -1.55. The molecule has 0 heterocycles. The molecule has 1 atom stereocenters. The van der Waals surface area contributed by atoms with Gasteiger partial charge in [0.15, 0.2) is 5.92 Å². The van der Waals surface area contributed by atoms with Gasteiger partial charge in [-0.1, -0.05) is 37.6 Å². The van der Waals surface area contributed by atoms with Crippen LogP contribution >= 0.6 is 11.6 Å². The summed E-state index contributed by atoms with van der Waals surface area (Å²) >= 11 is 5.93. The molecule has 4 nitrogen and oxygen atoms in total. The lowest BCUT2D eigenvalue weighted by molar-refractivity contribution is -0.165. The van der Waals surface area contributed by atoms with E-state index < -0.39 is 23.3 Å². The first-order chi connectivity index (χ1) is 10.4. The molecule has 1 unspecified atom stereocenters. The van der Waals surface area contributed by atoms with Crippen LogP contribution in [0.3, 0.4) is 0 Å². The average molecular weight is 327 g/mol. The molecule has 0 bridgehead atoms. The molecule has 5 heteroatoms. The van der Waals surface area contributed by atoms with E-state index >= 15 is 0 Å². The van der Waals surface area contributed by atoms with Gasteiger partial charge in [-0.25, -0.2) is 0 Å². The summed E-state index contributed by atoms with van der Waals surface area (Å²) in [6.45, 7) is 7.66. The maximum Gasteiger partial charge on any atom is 0.321 e. The lowest BCUT2D eigenvalue weighted by Gasteiger charge is -2.34. The molecule has 1 aromatic rings. The van der Waals surface area contributed by atoms with Crippen LogP contribution in [-0.4, -0.2) is 25.2 Å². The van der Waals surface area contributed by atoms with Crippen molar-refractivity contribution < 1.29 is 19.1 Å². The number of ether oxygens (including phenoxy) is 2. The Kier molecular flexibility index (Phi) is 6.88. The first-order valence-corrected chi connectivity index (χ1v) is 7.87. The highest BCUT2D eigenvalue weighted by Gasteiger charge is 2.46. The molecule has 0 amide bonds. The molecule has 0 saturated heterocycles. The quantitative estimate of drug-likeness (QED) is 0.565. The van der Waals surface area contributed by atoms with Crippen molar-refractivity contribution in [2.45, 2.75) is 39.5 Å². The molecule has 0 aliphatic carbocycles. The van der Waals surface area contributed by atoms with E-state index in [1.807, 2.05) is 26.0 Å². The summed E-state index contributed by atoms with van der Waals surface area (Å²) in [6.07, 6.45) is 0.580. The van der Waals surface area contributed by atoms with E-state index in [-0.39, 0.29) is 13.2 Å². The van der Waals surface area contributed by atoms with E-state index in [1.54, 1.807) is 26.0 Å². The molecule has 0 fully saturated rings. The molecule has 0 saturated carbocycles. The Morgan fingerprint density at radius 1 is 1.05 bits per heavy atom. The summed E-state index contributed by atoms with van der Waals surface area (Å²) < 4.78 is 10.2. The van der Waals surface area contributed by atoms with Crippen LogP contribution in [0.2, 0.25) is 5.02 Å². The number of halogens is 1. The van der Waals surface area contributed by atoms with Gasteiger partial charge in [0, 0.05) is 10.4 Å². The Morgan fingerprint density at radius 2 is 1.50 bits per heavy atom. The predicted octanol–water partition coefficient (Wildman–Crippen LogP) is 3.75. The van der Waals surface area contributed by atoms with Gasteiger partial charge in [-0.05, 0) is 38.0 Å². The Morgan fingerprint density at radius 3 is 1.86 bits per heavy atom. The Balaban J connectivity index is 3.29. The number of rotatable bonds is 7. The number of esters is 2. The number of carbonyl (C=O) groups is 2. The number of carbonyl (C=O) groups excluding carboxylic acids is 2. The van der Waals surface area contributed by atoms with Crippen molar-refractivity contribution in [1.82, 2.24) is 0 Å². The van der Waals surface area contributed by atoms with E-state index in [4.69, 9.17) is 21.1 Å².